The summed E-state index contributed by atoms with van der Waals surface area (Å²) in [6, 6.07) is 2.00. The Bertz CT molecular complexity index is 169. The average Bonchev–Trinajstić information content (AvgIpc) is 2.98. The lowest BCUT2D eigenvalue weighted by Gasteiger charge is -2.32. The Morgan fingerprint density at radius 3 is 2.47 bits per heavy atom. The van der Waals surface area contributed by atoms with Gasteiger partial charge in [0.1, 0.15) is 0 Å². The average molecular weight is 214 g/mol. The first-order valence-electron chi connectivity index (χ1n) is 6.13. The summed E-state index contributed by atoms with van der Waals surface area (Å²) < 4.78 is 5.15. The van der Waals surface area contributed by atoms with Gasteiger partial charge in [-0.25, -0.2) is 0 Å². The third-order valence-corrected chi connectivity index (χ3v) is 3.06. The topological polar surface area (TPSA) is 24.5 Å². The predicted octanol–water partition coefficient (Wildman–Crippen LogP) is 1.48. The molecule has 0 heterocycles. The van der Waals surface area contributed by atoms with E-state index in [0.29, 0.717) is 12.1 Å². The number of hydrogen-bond acceptors (Lipinski definition) is 3. The van der Waals surface area contributed by atoms with Gasteiger partial charge in [-0.1, -0.05) is 0 Å². The van der Waals surface area contributed by atoms with Gasteiger partial charge in [-0.05, 0) is 33.6 Å². The fourth-order valence-corrected chi connectivity index (χ4v) is 1.93. The monoisotopic (exact) mass is 214 g/mol. The maximum absolute atomic E-state index is 5.15. The maximum Gasteiger partial charge on any atom is 0.0589 e. The van der Waals surface area contributed by atoms with E-state index in [1.54, 1.807) is 7.11 Å². The van der Waals surface area contributed by atoms with Gasteiger partial charge in [-0.3, -0.25) is 4.90 Å². The van der Waals surface area contributed by atoms with Crippen LogP contribution >= 0.6 is 0 Å². The van der Waals surface area contributed by atoms with Crippen molar-refractivity contribution in [1.29, 1.82) is 0 Å². The number of nitrogens with one attached hydrogen (secondary N) is 1. The van der Waals surface area contributed by atoms with Crippen molar-refractivity contribution in [2.45, 2.75) is 51.7 Å². The molecule has 1 saturated carbocycles. The van der Waals surface area contributed by atoms with Gasteiger partial charge in [0.2, 0.25) is 0 Å². The molecule has 1 rings (SSSR count). The van der Waals surface area contributed by atoms with Crippen molar-refractivity contribution in [2.24, 2.45) is 0 Å². The van der Waals surface area contributed by atoms with Crippen molar-refractivity contribution in [3.05, 3.63) is 0 Å². The Morgan fingerprint density at radius 1 is 1.33 bits per heavy atom. The molecule has 1 aliphatic rings. The lowest BCUT2D eigenvalue weighted by atomic mass is 10.2. The largest absolute Gasteiger partial charge is 0.383 e. The van der Waals surface area contributed by atoms with E-state index in [0.717, 1.165) is 25.7 Å². The molecular weight excluding hydrogens is 188 g/mol. The van der Waals surface area contributed by atoms with Crippen molar-refractivity contribution in [1.82, 2.24) is 10.2 Å². The molecule has 3 heteroatoms. The third-order valence-electron chi connectivity index (χ3n) is 3.06. The Hall–Kier alpha value is -0.120. The Morgan fingerprint density at radius 2 is 2.00 bits per heavy atom. The highest BCUT2D eigenvalue weighted by Gasteiger charge is 2.23. The number of nitrogens with zero attached hydrogens (tertiary/aromatic N) is 1. The number of methoxy groups -OCH3 is 1. The lowest BCUT2D eigenvalue weighted by Crippen LogP contribution is -2.46. The zero-order valence-corrected chi connectivity index (χ0v) is 10.6. The molecule has 90 valence electrons. The smallest absolute Gasteiger partial charge is 0.0589 e. The highest BCUT2D eigenvalue weighted by atomic mass is 16.5. The fraction of sp³-hybridized carbons (Fsp3) is 1.00. The minimum Gasteiger partial charge on any atom is -0.383 e. The molecule has 0 radical (unpaired) electrons. The second kappa shape index (κ2) is 6.46. The SMILES string of the molecule is COCCN(C(C)C)C(C)CNC1CC1. The molecule has 15 heavy (non-hydrogen) atoms. The molecule has 1 unspecified atom stereocenters. The molecular formula is C12H26N2O. The summed E-state index contributed by atoms with van der Waals surface area (Å²) in [7, 11) is 1.77. The number of hydrogen-bond donors (Lipinski definition) is 1. The summed E-state index contributed by atoms with van der Waals surface area (Å²) in [5, 5.41) is 3.59. The van der Waals surface area contributed by atoms with Gasteiger partial charge in [-0.2, -0.15) is 0 Å². The van der Waals surface area contributed by atoms with E-state index in [1.165, 1.54) is 12.8 Å². The van der Waals surface area contributed by atoms with E-state index in [1.807, 2.05) is 0 Å². The van der Waals surface area contributed by atoms with Gasteiger partial charge in [0, 0.05) is 38.3 Å². The van der Waals surface area contributed by atoms with Crippen LogP contribution in [0, 0.1) is 0 Å². The summed E-state index contributed by atoms with van der Waals surface area (Å²) in [6.45, 7) is 9.76. The Kier molecular flexibility index (Phi) is 5.58. The molecule has 0 saturated heterocycles. The van der Waals surface area contributed by atoms with Gasteiger partial charge in [0.05, 0.1) is 6.61 Å². The highest BCUT2D eigenvalue weighted by Crippen LogP contribution is 2.18. The molecule has 1 atom stereocenters. The molecule has 0 spiro atoms. The molecule has 1 N–H and O–H groups in total. The fourth-order valence-electron chi connectivity index (χ4n) is 1.93. The van der Waals surface area contributed by atoms with Crippen LogP contribution in [-0.2, 0) is 4.74 Å². The van der Waals surface area contributed by atoms with Crippen LogP contribution in [0.1, 0.15) is 33.6 Å². The van der Waals surface area contributed by atoms with Crippen LogP contribution in [0.15, 0.2) is 0 Å². The molecule has 0 aliphatic heterocycles. The van der Waals surface area contributed by atoms with E-state index < -0.39 is 0 Å². The number of ether oxygens (including phenoxy) is 1. The normalized spacial score (nSPS) is 18.8. The van der Waals surface area contributed by atoms with Crippen LogP contribution in [-0.4, -0.2) is 49.8 Å². The first-order valence-corrected chi connectivity index (χ1v) is 6.13. The van der Waals surface area contributed by atoms with Crippen LogP contribution in [0.4, 0.5) is 0 Å². The van der Waals surface area contributed by atoms with Gasteiger partial charge in [0.15, 0.2) is 0 Å². The van der Waals surface area contributed by atoms with Crippen LogP contribution in [0.25, 0.3) is 0 Å². The molecule has 3 nitrogen and oxygen atoms in total. The summed E-state index contributed by atoms with van der Waals surface area (Å²) >= 11 is 0. The zero-order chi connectivity index (χ0) is 11.3. The van der Waals surface area contributed by atoms with Crippen molar-refractivity contribution in [3.63, 3.8) is 0 Å². The second-order valence-corrected chi connectivity index (χ2v) is 4.86. The summed E-state index contributed by atoms with van der Waals surface area (Å²) in [6.07, 6.45) is 2.74. The van der Waals surface area contributed by atoms with Gasteiger partial charge in [-0.15, -0.1) is 0 Å². The van der Waals surface area contributed by atoms with Crippen LogP contribution in [0.5, 0.6) is 0 Å². The lowest BCUT2D eigenvalue weighted by molar-refractivity contribution is 0.101. The molecule has 0 bridgehead atoms. The summed E-state index contributed by atoms with van der Waals surface area (Å²) in [5.41, 5.74) is 0. The van der Waals surface area contributed by atoms with E-state index in [2.05, 4.69) is 31.0 Å². The Balaban J connectivity index is 2.24. The molecule has 0 aromatic rings. The molecule has 0 amide bonds. The van der Waals surface area contributed by atoms with E-state index in [4.69, 9.17) is 4.74 Å². The first kappa shape index (κ1) is 12.9. The van der Waals surface area contributed by atoms with Crippen LogP contribution < -0.4 is 5.32 Å². The Labute approximate surface area is 94.2 Å². The zero-order valence-electron chi connectivity index (χ0n) is 10.6. The van der Waals surface area contributed by atoms with Gasteiger partial charge < -0.3 is 10.1 Å². The highest BCUT2D eigenvalue weighted by molar-refractivity contribution is 4.83. The molecule has 0 aromatic carbocycles. The van der Waals surface area contributed by atoms with E-state index in [-0.39, 0.29) is 0 Å². The van der Waals surface area contributed by atoms with Crippen molar-refractivity contribution >= 4 is 0 Å². The van der Waals surface area contributed by atoms with E-state index in [9.17, 15) is 0 Å². The van der Waals surface area contributed by atoms with Crippen molar-refractivity contribution in [2.75, 3.05) is 26.8 Å². The van der Waals surface area contributed by atoms with Gasteiger partial charge in [0.25, 0.3) is 0 Å². The van der Waals surface area contributed by atoms with Crippen LogP contribution in [0.3, 0.4) is 0 Å². The second-order valence-electron chi connectivity index (χ2n) is 4.86. The van der Waals surface area contributed by atoms with E-state index >= 15 is 0 Å². The molecule has 0 aromatic heterocycles. The van der Waals surface area contributed by atoms with Crippen molar-refractivity contribution in [3.8, 4) is 0 Å². The summed E-state index contributed by atoms with van der Waals surface area (Å²) in [4.78, 5) is 2.50. The first-order chi connectivity index (χ1) is 7.15. The third kappa shape index (κ3) is 4.96. The quantitative estimate of drug-likeness (QED) is 0.662. The minimum atomic E-state index is 0.594. The van der Waals surface area contributed by atoms with Crippen molar-refractivity contribution < 1.29 is 4.74 Å². The number of rotatable bonds is 8. The maximum atomic E-state index is 5.15. The summed E-state index contributed by atoms with van der Waals surface area (Å²) in [5.74, 6) is 0. The minimum absolute atomic E-state index is 0.594. The van der Waals surface area contributed by atoms with Gasteiger partial charge >= 0.3 is 0 Å². The molecule has 1 fully saturated rings. The molecule has 1 aliphatic carbocycles. The standard InChI is InChI=1S/C12H26N2O/c1-10(2)14(7-8-15-4)11(3)9-13-12-5-6-12/h10-13H,5-9H2,1-4H3. The predicted molar refractivity (Wildman–Crippen MR) is 64.2 cm³/mol. The van der Waals surface area contributed by atoms with Crippen LogP contribution in [0.2, 0.25) is 0 Å².